The molecule has 0 saturated carbocycles. The Balaban J connectivity index is 1.71. The number of ketones is 1. The van der Waals surface area contributed by atoms with E-state index >= 15 is 0 Å². The Hall–Kier alpha value is -3.74. The fraction of sp³-hybridized carbons (Fsp3) is 0.143. The lowest BCUT2D eigenvalue weighted by atomic mass is 9.94. The molecule has 0 spiro atoms. The highest BCUT2D eigenvalue weighted by molar-refractivity contribution is 6.44. The number of hydrogen-bond donors (Lipinski definition) is 1. The van der Waals surface area contributed by atoms with Gasteiger partial charge in [-0.2, -0.15) is 0 Å². The summed E-state index contributed by atoms with van der Waals surface area (Å²) in [7, 11) is 0. The number of nitrogens with one attached hydrogen (secondary N) is 1. The minimum absolute atomic E-state index is 0.242. The Labute approximate surface area is 158 Å². The predicted octanol–water partition coefficient (Wildman–Crippen LogP) is 2.96. The minimum Gasteiger partial charge on any atom is -0.464 e. The van der Waals surface area contributed by atoms with Crippen LogP contribution in [0, 0.1) is 5.92 Å². The number of fused-ring (bicyclic) bond motifs is 2. The second-order valence-electron chi connectivity index (χ2n) is 6.89. The Morgan fingerprint density at radius 3 is 2.79 bits per heavy atom. The zero-order chi connectivity index (χ0) is 19.4. The summed E-state index contributed by atoms with van der Waals surface area (Å²) < 4.78 is 5.63. The first-order valence-corrected chi connectivity index (χ1v) is 8.87. The molecule has 1 amide bonds. The van der Waals surface area contributed by atoms with Crippen LogP contribution in [0.5, 0.6) is 0 Å². The SMILES string of the molecule is CC1C(=O)C(=O)N(c2ccc3nc[nH]c3c2)C1c1coc2ccccc2c1=O. The smallest absolute Gasteiger partial charge is 0.295 e. The standard InChI is InChI=1S/C21H15N3O4/c1-11-18(14-9-28-17-5-3-2-4-13(17)20(14)26)24(21(27)19(11)25)12-6-7-15-16(8-12)23-10-22-15/h2-11,18H,1H3,(H,22,23). The molecule has 2 atom stereocenters. The van der Waals surface area contributed by atoms with Gasteiger partial charge in [0.05, 0.1) is 40.3 Å². The lowest BCUT2D eigenvalue weighted by molar-refractivity contribution is -0.135. The Morgan fingerprint density at radius 2 is 1.93 bits per heavy atom. The number of para-hydroxylation sites is 1. The molecule has 1 aliphatic rings. The van der Waals surface area contributed by atoms with Gasteiger partial charge in [-0.1, -0.05) is 19.1 Å². The summed E-state index contributed by atoms with van der Waals surface area (Å²) in [4.78, 5) is 46.9. The van der Waals surface area contributed by atoms with E-state index in [0.717, 1.165) is 11.0 Å². The van der Waals surface area contributed by atoms with Gasteiger partial charge in [-0.05, 0) is 30.3 Å². The largest absolute Gasteiger partial charge is 0.464 e. The zero-order valence-electron chi connectivity index (χ0n) is 14.9. The third kappa shape index (κ3) is 2.22. The quantitative estimate of drug-likeness (QED) is 0.545. The van der Waals surface area contributed by atoms with Crippen LogP contribution in [0.2, 0.25) is 0 Å². The van der Waals surface area contributed by atoms with Crippen LogP contribution in [0.15, 0.2) is 64.3 Å². The van der Waals surface area contributed by atoms with Crippen LogP contribution in [-0.2, 0) is 9.59 Å². The topological polar surface area (TPSA) is 96.3 Å². The third-order valence-electron chi connectivity index (χ3n) is 5.30. The van der Waals surface area contributed by atoms with E-state index in [0.29, 0.717) is 16.7 Å². The van der Waals surface area contributed by atoms with Crippen molar-refractivity contribution in [3.05, 3.63) is 70.8 Å². The number of rotatable bonds is 2. The molecule has 7 nitrogen and oxygen atoms in total. The maximum atomic E-state index is 13.1. The second-order valence-corrected chi connectivity index (χ2v) is 6.89. The maximum Gasteiger partial charge on any atom is 0.295 e. The van der Waals surface area contributed by atoms with Gasteiger partial charge < -0.3 is 9.40 Å². The van der Waals surface area contributed by atoms with Crippen LogP contribution >= 0.6 is 0 Å². The van der Waals surface area contributed by atoms with Crippen molar-refractivity contribution in [3.8, 4) is 0 Å². The summed E-state index contributed by atoms with van der Waals surface area (Å²) in [6, 6.07) is 11.4. The van der Waals surface area contributed by atoms with Gasteiger partial charge in [0.15, 0.2) is 5.43 Å². The highest BCUT2D eigenvalue weighted by Gasteiger charge is 2.47. The molecule has 1 N–H and O–H groups in total. The van der Waals surface area contributed by atoms with Gasteiger partial charge in [0.1, 0.15) is 11.8 Å². The molecule has 1 saturated heterocycles. The van der Waals surface area contributed by atoms with Gasteiger partial charge in [0, 0.05) is 5.69 Å². The minimum atomic E-state index is -0.735. The number of imidazole rings is 1. The van der Waals surface area contributed by atoms with Gasteiger partial charge in [-0.15, -0.1) is 0 Å². The molecule has 0 aliphatic carbocycles. The Kier molecular flexibility index (Phi) is 3.45. The number of nitrogens with zero attached hydrogens (tertiary/aromatic N) is 2. The number of amides is 1. The fourth-order valence-corrected chi connectivity index (χ4v) is 3.86. The Bertz CT molecular complexity index is 1320. The van der Waals surface area contributed by atoms with Crippen molar-refractivity contribution in [3.63, 3.8) is 0 Å². The van der Waals surface area contributed by atoms with E-state index in [9.17, 15) is 14.4 Å². The number of benzene rings is 2. The highest BCUT2D eigenvalue weighted by Crippen LogP contribution is 2.39. The first-order valence-electron chi connectivity index (χ1n) is 8.87. The van der Waals surface area contributed by atoms with E-state index in [1.165, 1.54) is 11.2 Å². The van der Waals surface area contributed by atoms with Crippen molar-refractivity contribution >= 4 is 39.4 Å². The highest BCUT2D eigenvalue weighted by atomic mass is 16.3. The van der Waals surface area contributed by atoms with Gasteiger partial charge in [0.2, 0.25) is 5.78 Å². The number of Topliss-reactive ketones (excluding diaryl/α,β-unsaturated/α-hetero) is 1. The molecule has 1 fully saturated rings. The van der Waals surface area contributed by atoms with E-state index in [2.05, 4.69) is 9.97 Å². The summed E-state index contributed by atoms with van der Waals surface area (Å²) in [6.07, 6.45) is 2.92. The molecule has 0 bridgehead atoms. The van der Waals surface area contributed by atoms with E-state index in [4.69, 9.17) is 4.42 Å². The average molecular weight is 373 g/mol. The summed E-state index contributed by atoms with van der Waals surface area (Å²) in [6.45, 7) is 1.66. The van der Waals surface area contributed by atoms with Gasteiger partial charge in [0.25, 0.3) is 5.91 Å². The molecule has 5 rings (SSSR count). The lowest BCUT2D eigenvalue weighted by Crippen LogP contribution is -2.32. The predicted molar refractivity (Wildman–Crippen MR) is 103 cm³/mol. The van der Waals surface area contributed by atoms with Crippen molar-refractivity contribution < 1.29 is 14.0 Å². The number of aromatic nitrogens is 2. The molecular formula is C21H15N3O4. The number of aromatic amines is 1. The van der Waals surface area contributed by atoms with Crippen molar-refractivity contribution in [2.75, 3.05) is 4.90 Å². The third-order valence-corrected chi connectivity index (χ3v) is 5.30. The van der Waals surface area contributed by atoms with E-state index in [1.807, 2.05) is 0 Å². The molecule has 4 aromatic rings. The molecule has 138 valence electrons. The number of H-pyrrole nitrogens is 1. The fourth-order valence-electron chi connectivity index (χ4n) is 3.86. The van der Waals surface area contributed by atoms with Crippen LogP contribution in [0.4, 0.5) is 5.69 Å². The van der Waals surface area contributed by atoms with Gasteiger partial charge >= 0.3 is 0 Å². The van der Waals surface area contributed by atoms with Crippen LogP contribution < -0.4 is 10.3 Å². The summed E-state index contributed by atoms with van der Waals surface area (Å²) in [5.74, 6) is -1.83. The number of carbonyl (C=O) groups excluding carboxylic acids is 2. The number of carbonyl (C=O) groups is 2. The molecule has 28 heavy (non-hydrogen) atoms. The van der Waals surface area contributed by atoms with Crippen molar-refractivity contribution in [2.24, 2.45) is 5.92 Å². The summed E-state index contributed by atoms with van der Waals surface area (Å²) in [5, 5.41) is 0.419. The van der Waals surface area contributed by atoms with Crippen molar-refractivity contribution in [2.45, 2.75) is 13.0 Å². The van der Waals surface area contributed by atoms with Crippen molar-refractivity contribution in [1.82, 2.24) is 9.97 Å². The van der Waals surface area contributed by atoms with Gasteiger partial charge in [-0.3, -0.25) is 19.3 Å². The normalized spacial score (nSPS) is 19.8. The summed E-state index contributed by atoms with van der Waals surface area (Å²) >= 11 is 0. The van der Waals surface area contributed by atoms with Crippen molar-refractivity contribution in [1.29, 1.82) is 0 Å². The maximum absolute atomic E-state index is 13.1. The van der Waals surface area contributed by atoms with Crippen LogP contribution in [-0.4, -0.2) is 21.7 Å². The average Bonchev–Trinajstić information content (AvgIpc) is 3.27. The molecule has 2 aromatic carbocycles. The molecular weight excluding hydrogens is 358 g/mol. The molecule has 1 aliphatic heterocycles. The van der Waals surface area contributed by atoms with Gasteiger partial charge in [-0.25, -0.2) is 4.98 Å². The van der Waals surface area contributed by atoms with E-state index in [1.54, 1.807) is 55.7 Å². The first kappa shape index (κ1) is 16.4. The number of anilines is 1. The van der Waals surface area contributed by atoms with E-state index < -0.39 is 23.7 Å². The number of hydrogen-bond acceptors (Lipinski definition) is 5. The van der Waals surface area contributed by atoms with Crippen LogP contribution in [0.3, 0.4) is 0 Å². The molecule has 2 aromatic heterocycles. The van der Waals surface area contributed by atoms with E-state index in [-0.39, 0.29) is 11.0 Å². The lowest BCUT2D eigenvalue weighted by Gasteiger charge is -2.25. The molecule has 7 heteroatoms. The first-order chi connectivity index (χ1) is 13.6. The summed E-state index contributed by atoms with van der Waals surface area (Å²) in [5.41, 5.74) is 2.52. The van der Waals surface area contributed by atoms with Crippen LogP contribution in [0.1, 0.15) is 18.5 Å². The second kappa shape index (κ2) is 5.88. The molecule has 2 unspecified atom stereocenters. The zero-order valence-corrected chi connectivity index (χ0v) is 14.9. The van der Waals surface area contributed by atoms with Crippen LogP contribution in [0.25, 0.3) is 22.0 Å². The monoisotopic (exact) mass is 373 g/mol. The Morgan fingerprint density at radius 1 is 1.11 bits per heavy atom. The molecule has 0 radical (unpaired) electrons. The molecule has 3 heterocycles.